The molecule has 0 fully saturated rings. The Labute approximate surface area is 163 Å². The third-order valence-corrected chi connectivity index (χ3v) is 3.53. The predicted octanol–water partition coefficient (Wildman–Crippen LogP) is 2.06. The standard InChI is InChI=1S/C20H24N4O4/c1-20(2,3)28-17(25)11-12-22-18(26)14-9-10-16(23-13-14)19(27)24(21)15-7-5-4-6-8-15/h4-10,13H,11-12,21H2,1-3H3,(H,22,26). The molecule has 0 spiro atoms. The Hall–Kier alpha value is -3.26. The van der Waals surface area contributed by atoms with Crippen molar-refractivity contribution in [3.63, 3.8) is 0 Å². The van der Waals surface area contributed by atoms with Crippen molar-refractivity contribution in [3.8, 4) is 0 Å². The normalized spacial score (nSPS) is 10.9. The lowest BCUT2D eigenvalue weighted by Crippen LogP contribution is -2.38. The van der Waals surface area contributed by atoms with Crippen molar-refractivity contribution in [2.24, 2.45) is 5.84 Å². The molecule has 0 bridgehead atoms. The van der Waals surface area contributed by atoms with Crippen molar-refractivity contribution in [1.82, 2.24) is 10.3 Å². The molecule has 2 rings (SSSR count). The van der Waals surface area contributed by atoms with Crippen molar-refractivity contribution in [2.75, 3.05) is 11.6 Å². The summed E-state index contributed by atoms with van der Waals surface area (Å²) >= 11 is 0. The Morgan fingerprint density at radius 1 is 1.11 bits per heavy atom. The Morgan fingerprint density at radius 2 is 1.79 bits per heavy atom. The fourth-order valence-electron chi connectivity index (χ4n) is 2.26. The number of carbonyl (C=O) groups is 3. The van der Waals surface area contributed by atoms with Crippen molar-refractivity contribution in [3.05, 3.63) is 59.9 Å². The van der Waals surface area contributed by atoms with E-state index in [1.807, 2.05) is 6.07 Å². The topological polar surface area (TPSA) is 115 Å². The molecule has 0 saturated heterocycles. The van der Waals surface area contributed by atoms with E-state index in [2.05, 4.69) is 10.3 Å². The number of nitrogens with two attached hydrogens (primary N) is 1. The SMILES string of the molecule is CC(C)(C)OC(=O)CCNC(=O)c1ccc(C(=O)N(N)c2ccccc2)nc1. The monoisotopic (exact) mass is 384 g/mol. The van der Waals surface area contributed by atoms with E-state index in [1.54, 1.807) is 45.0 Å². The van der Waals surface area contributed by atoms with Gasteiger partial charge in [-0.2, -0.15) is 0 Å². The van der Waals surface area contributed by atoms with E-state index in [-0.39, 0.29) is 24.2 Å². The van der Waals surface area contributed by atoms with Crippen LogP contribution >= 0.6 is 0 Å². The van der Waals surface area contributed by atoms with Gasteiger partial charge in [0.2, 0.25) is 0 Å². The maximum atomic E-state index is 12.4. The second kappa shape index (κ2) is 9.09. The second-order valence-electron chi connectivity index (χ2n) is 7.04. The molecule has 0 unspecified atom stereocenters. The molecule has 2 amide bonds. The van der Waals surface area contributed by atoms with Crippen molar-refractivity contribution < 1.29 is 19.1 Å². The van der Waals surface area contributed by atoms with Crippen LogP contribution < -0.4 is 16.2 Å². The van der Waals surface area contributed by atoms with Crippen LogP contribution in [0.2, 0.25) is 0 Å². The first-order valence-electron chi connectivity index (χ1n) is 8.77. The molecular weight excluding hydrogens is 360 g/mol. The molecule has 2 aromatic rings. The number of hydrogen-bond donors (Lipinski definition) is 2. The first-order chi connectivity index (χ1) is 13.2. The zero-order chi connectivity index (χ0) is 20.7. The summed E-state index contributed by atoms with van der Waals surface area (Å²) in [4.78, 5) is 40.1. The molecule has 28 heavy (non-hydrogen) atoms. The number of benzene rings is 1. The summed E-state index contributed by atoms with van der Waals surface area (Å²) < 4.78 is 5.17. The molecule has 0 aliphatic rings. The van der Waals surface area contributed by atoms with Gasteiger partial charge in [-0.3, -0.25) is 19.4 Å². The molecule has 1 heterocycles. The molecule has 8 heteroatoms. The minimum atomic E-state index is -0.565. The highest BCUT2D eigenvalue weighted by Gasteiger charge is 2.18. The number of ether oxygens (including phenoxy) is 1. The minimum Gasteiger partial charge on any atom is -0.460 e. The van der Waals surface area contributed by atoms with Gasteiger partial charge in [0.05, 0.1) is 17.7 Å². The molecule has 3 N–H and O–H groups in total. The lowest BCUT2D eigenvalue weighted by Gasteiger charge is -2.19. The summed E-state index contributed by atoms with van der Waals surface area (Å²) in [5, 5.41) is 3.60. The van der Waals surface area contributed by atoms with Crippen LogP contribution in [0.1, 0.15) is 48.0 Å². The Bertz CT molecular complexity index is 830. The highest BCUT2D eigenvalue weighted by Crippen LogP contribution is 2.12. The zero-order valence-corrected chi connectivity index (χ0v) is 16.1. The summed E-state index contributed by atoms with van der Waals surface area (Å²) in [6.45, 7) is 5.47. The van der Waals surface area contributed by atoms with Gasteiger partial charge < -0.3 is 10.1 Å². The number of hydrogen-bond acceptors (Lipinski definition) is 6. The maximum Gasteiger partial charge on any atom is 0.308 e. The molecule has 1 aromatic carbocycles. The second-order valence-corrected chi connectivity index (χ2v) is 7.04. The summed E-state index contributed by atoms with van der Waals surface area (Å²) in [7, 11) is 0. The van der Waals surface area contributed by atoms with E-state index in [1.165, 1.54) is 18.3 Å². The third kappa shape index (κ3) is 6.17. The van der Waals surface area contributed by atoms with Gasteiger partial charge in [-0.25, -0.2) is 10.9 Å². The molecule has 8 nitrogen and oxygen atoms in total. The molecule has 0 saturated carbocycles. The summed E-state index contributed by atoms with van der Waals surface area (Å²) in [6, 6.07) is 11.6. The van der Waals surface area contributed by atoms with Crippen LogP contribution in [-0.4, -0.2) is 34.9 Å². The number of para-hydroxylation sites is 1. The van der Waals surface area contributed by atoms with Gasteiger partial charge in [0.25, 0.3) is 11.8 Å². The fraction of sp³-hybridized carbons (Fsp3) is 0.300. The number of rotatable bonds is 6. The number of hydrazine groups is 1. The number of nitrogens with one attached hydrogen (secondary N) is 1. The predicted molar refractivity (Wildman–Crippen MR) is 104 cm³/mol. The van der Waals surface area contributed by atoms with Crippen molar-refractivity contribution >= 4 is 23.5 Å². The van der Waals surface area contributed by atoms with Crippen LogP contribution in [0.4, 0.5) is 5.69 Å². The quantitative estimate of drug-likeness (QED) is 0.341. The number of pyridine rings is 1. The summed E-state index contributed by atoms with van der Waals surface area (Å²) in [6.07, 6.45) is 1.35. The Balaban J connectivity index is 1.90. The number of aromatic nitrogens is 1. The van der Waals surface area contributed by atoms with Crippen LogP contribution in [0.25, 0.3) is 0 Å². The molecule has 0 radical (unpaired) electrons. The highest BCUT2D eigenvalue weighted by molar-refractivity contribution is 6.04. The average molecular weight is 384 g/mol. The lowest BCUT2D eigenvalue weighted by molar-refractivity contribution is -0.154. The van der Waals surface area contributed by atoms with E-state index >= 15 is 0 Å². The first kappa shape index (κ1) is 21.0. The molecule has 0 atom stereocenters. The van der Waals surface area contributed by atoms with Crippen molar-refractivity contribution in [2.45, 2.75) is 32.8 Å². The van der Waals surface area contributed by atoms with Gasteiger partial charge >= 0.3 is 5.97 Å². The zero-order valence-electron chi connectivity index (χ0n) is 16.1. The summed E-state index contributed by atoms with van der Waals surface area (Å²) in [5.41, 5.74) is 0.336. The maximum absolute atomic E-state index is 12.4. The Kier molecular flexibility index (Phi) is 6.84. The molecule has 1 aromatic heterocycles. The largest absolute Gasteiger partial charge is 0.460 e. The van der Waals surface area contributed by atoms with Gasteiger partial charge in [0.1, 0.15) is 11.3 Å². The van der Waals surface area contributed by atoms with Crippen LogP contribution in [0, 0.1) is 0 Å². The fourth-order valence-corrected chi connectivity index (χ4v) is 2.26. The first-order valence-corrected chi connectivity index (χ1v) is 8.77. The van der Waals surface area contributed by atoms with E-state index in [4.69, 9.17) is 10.6 Å². The van der Waals surface area contributed by atoms with Crippen LogP contribution in [0.15, 0.2) is 48.7 Å². The highest BCUT2D eigenvalue weighted by atomic mass is 16.6. The summed E-state index contributed by atoms with van der Waals surface area (Å²) in [5.74, 6) is 4.54. The van der Waals surface area contributed by atoms with Crippen molar-refractivity contribution in [1.29, 1.82) is 0 Å². The van der Waals surface area contributed by atoms with Crippen LogP contribution in [0.3, 0.4) is 0 Å². The van der Waals surface area contributed by atoms with E-state index < -0.39 is 23.4 Å². The van der Waals surface area contributed by atoms with Crippen LogP contribution in [-0.2, 0) is 9.53 Å². The minimum absolute atomic E-state index is 0.0617. The number of nitrogens with zero attached hydrogens (tertiary/aromatic N) is 2. The van der Waals surface area contributed by atoms with Gasteiger partial charge in [-0.1, -0.05) is 18.2 Å². The molecule has 0 aliphatic heterocycles. The van der Waals surface area contributed by atoms with Gasteiger partial charge in [-0.15, -0.1) is 0 Å². The molecule has 148 valence electrons. The average Bonchev–Trinajstić information content (AvgIpc) is 2.66. The van der Waals surface area contributed by atoms with E-state index in [0.29, 0.717) is 5.69 Å². The smallest absolute Gasteiger partial charge is 0.308 e. The van der Waals surface area contributed by atoms with Crippen LogP contribution in [0.5, 0.6) is 0 Å². The van der Waals surface area contributed by atoms with Gasteiger partial charge in [-0.05, 0) is 45.0 Å². The molecular formula is C20H24N4O4. The van der Waals surface area contributed by atoms with E-state index in [9.17, 15) is 14.4 Å². The Morgan fingerprint density at radius 3 is 2.36 bits per heavy atom. The van der Waals surface area contributed by atoms with Gasteiger partial charge in [0.15, 0.2) is 0 Å². The number of anilines is 1. The third-order valence-electron chi connectivity index (χ3n) is 3.53. The number of amides is 2. The van der Waals surface area contributed by atoms with Gasteiger partial charge in [0, 0.05) is 12.7 Å². The van der Waals surface area contributed by atoms with E-state index in [0.717, 1.165) is 5.01 Å². The number of carbonyl (C=O) groups excluding carboxylic acids is 3. The molecule has 0 aliphatic carbocycles. The number of esters is 1. The lowest BCUT2D eigenvalue weighted by atomic mass is 10.2.